The van der Waals surface area contributed by atoms with Gasteiger partial charge < -0.3 is 15.5 Å². The topological polar surface area (TPSA) is 69.6 Å². The van der Waals surface area contributed by atoms with Crippen LogP contribution >= 0.6 is 0 Å². The molecule has 0 radical (unpaired) electrons. The van der Waals surface area contributed by atoms with Crippen LogP contribution < -0.4 is 5.32 Å². The maximum absolute atomic E-state index is 13.3. The van der Waals surface area contributed by atoms with Gasteiger partial charge in [-0.15, -0.1) is 0 Å². The first-order chi connectivity index (χ1) is 12.5. The molecule has 1 atom stereocenters. The Hall–Kier alpha value is -3.18. The minimum Gasteiger partial charge on any atom is -0.508 e. The summed E-state index contributed by atoms with van der Waals surface area (Å²) in [6.45, 7) is 0.0218. The zero-order chi connectivity index (χ0) is 18.5. The minimum absolute atomic E-state index is 0.0218. The van der Waals surface area contributed by atoms with E-state index in [4.69, 9.17) is 0 Å². The van der Waals surface area contributed by atoms with Gasteiger partial charge in [-0.25, -0.2) is 4.39 Å². The minimum atomic E-state index is -0.919. The Morgan fingerprint density at radius 2 is 1.69 bits per heavy atom. The molecule has 0 aromatic heterocycles. The lowest BCUT2D eigenvalue weighted by Gasteiger charge is -2.13. The maximum atomic E-state index is 13.3. The summed E-state index contributed by atoms with van der Waals surface area (Å²) >= 11 is 0. The van der Waals surface area contributed by atoms with E-state index in [1.54, 1.807) is 48.5 Å². The Kier molecular flexibility index (Phi) is 5.29. The normalized spacial score (nSPS) is 11.8. The molecule has 3 aromatic carbocycles. The van der Waals surface area contributed by atoms with Crippen molar-refractivity contribution in [3.8, 4) is 16.9 Å². The van der Waals surface area contributed by atoms with Gasteiger partial charge in [0.15, 0.2) is 0 Å². The molecule has 5 heteroatoms. The van der Waals surface area contributed by atoms with Crippen molar-refractivity contribution in [2.45, 2.75) is 6.10 Å². The van der Waals surface area contributed by atoms with Crippen molar-refractivity contribution in [3.63, 3.8) is 0 Å². The Morgan fingerprint density at radius 3 is 2.38 bits per heavy atom. The third-order valence-electron chi connectivity index (χ3n) is 4.02. The molecule has 0 aliphatic rings. The van der Waals surface area contributed by atoms with E-state index in [-0.39, 0.29) is 24.0 Å². The summed E-state index contributed by atoms with van der Waals surface area (Å²) in [5.41, 5.74) is 2.50. The molecule has 0 heterocycles. The molecule has 4 nitrogen and oxygen atoms in total. The number of phenols is 1. The number of aliphatic hydroxyl groups excluding tert-OH is 1. The number of rotatable bonds is 5. The van der Waals surface area contributed by atoms with Gasteiger partial charge in [0.25, 0.3) is 5.91 Å². The van der Waals surface area contributed by atoms with Crippen LogP contribution in [-0.2, 0) is 0 Å². The van der Waals surface area contributed by atoms with Crippen LogP contribution in [0.15, 0.2) is 72.8 Å². The van der Waals surface area contributed by atoms with Gasteiger partial charge in [-0.2, -0.15) is 0 Å². The Balaban J connectivity index is 1.63. The molecule has 0 aliphatic carbocycles. The summed E-state index contributed by atoms with van der Waals surface area (Å²) in [6, 6.07) is 19.3. The molecule has 0 fully saturated rings. The van der Waals surface area contributed by atoms with E-state index in [9.17, 15) is 19.4 Å². The summed E-state index contributed by atoms with van der Waals surface area (Å²) in [6.07, 6.45) is -0.919. The van der Waals surface area contributed by atoms with E-state index in [0.717, 1.165) is 11.1 Å². The van der Waals surface area contributed by atoms with E-state index in [1.165, 1.54) is 24.3 Å². The average molecular weight is 351 g/mol. The monoisotopic (exact) mass is 351 g/mol. The van der Waals surface area contributed by atoms with Gasteiger partial charge in [0.05, 0.1) is 6.10 Å². The third kappa shape index (κ3) is 4.26. The van der Waals surface area contributed by atoms with E-state index in [1.807, 2.05) is 0 Å². The zero-order valence-corrected chi connectivity index (χ0v) is 13.9. The van der Waals surface area contributed by atoms with Gasteiger partial charge in [-0.3, -0.25) is 4.79 Å². The van der Waals surface area contributed by atoms with Crippen molar-refractivity contribution in [3.05, 3.63) is 89.7 Å². The van der Waals surface area contributed by atoms with Crippen molar-refractivity contribution in [1.29, 1.82) is 0 Å². The quantitative estimate of drug-likeness (QED) is 0.657. The number of hydrogen-bond donors (Lipinski definition) is 3. The number of aliphatic hydroxyl groups is 1. The third-order valence-corrected chi connectivity index (χ3v) is 4.02. The highest BCUT2D eigenvalue weighted by Gasteiger charge is 2.11. The number of aromatic hydroxyl groups is 1. The average Bonchev–Trinajstić information content (AvgIpc) is 2.66. The predicted octanol–water partition coefficient (Wildman–Crippen LogP) is 3.66. The van der Waals surface area contributed by atoms with Crippen LogP contribution in [0.2, 0.25) is 0 Å². The summed E-state index contributed by atoms with van der Waals surface area (Å²) in [7, 11) is 0. The molecule has 26 heavy (non-hydrogen) atoms. The SMILES string of the molecule is O=C(NCC(O)c1cccc(O)c1)c1ccc(-c2cccc(F)c2)cc1. The second-order valence-electron chi connectivity index (χ2n) is 5.91. The highest BCUT2D eigenvalue weighted by atomic mass is 19.1. The van der Waals surface area contributed by atoms with Crippen LogP contribution in [0.25, 0.3) is 11.1 Å². The number of nitrogens with one attached hydrogen (secondary N) is 1. The number of hydrogen-bond acceptors (Lipinski definition) is 3. The lowest BCUT2D eigenvalue weighted by atomic mass is 10.0. The Morgan fingerprint density at radius 1 is 0.962 bits per heavy atom. The number of halogens is 1. The molecular weight excluding hydrogens is 333 g/mol. The van der Waals surface area contributed by atoms with Crippen molar-refractivity contribution in [1.82, 2.24) is 5.32 Å². The maximum Gasteiger partial charge on any atom is 0.251 e. The lowest BCUT2D eigenvalue weighted by molar-refractivity contribution is 0.0916. The number of phenolic OH excluding ortho intramolecular Hbond substituents is 1. The summed E-state index contributed by atoms with van der Waals surface area (Å²) < 4.78 is 13.3. The van der Waals surface area contributed by atoms with Crippen molar-refractivity contribution < 1.29 is 19.4 Å². The Bertz CT molecular complexity index is 909. The standard InChI is InChI=1S/C21H18FNO3/c22-18-5-1-3-16(11-18)14-7-9-15(10-8-14)21(26)23-13-20(25)17-4-2-6-19(24)12-17/h1-12,20,24-25H,13H2,(H,23,26). The number of benzene rings is 3. The molecule has 0 saturated carbocycles. The van der Waals surface area contributed by atoms with Gasteiger partial charge in [-0.1, -0.05) is 36.4 Å². The van der Waals surface area contributed by atoms with E-state index in [0.29, 0.717) is 11.1 Å². The van der Waals surface area contributed by atoms with Crippen LogP contribution in [0.5, 0.6) is 5.75 Å². The first-order valence-corrected chi connectivity index (χ1v) is 8.14. The first-order valence-electron chi connectivity index (χ1n) is 8.14. The molecule has 0 bridgehead atoms. The van der Waals surface area contributed by atoms with Crippen LogP contribution in [0, 0.1) is 5.82 Å². The van der Waals surface area contributed by atoms with Crippen LogP contribution in [0.1, 0.15) is 22.0 Å². The zero-order valence-electron chi connectivity index (χ0n) is 13.9. The van der Waals surface area contributed by atoms with E-state index in [2.05, 4.69) is 5.32 Å². The van der Waals surface area contributed by atoms with Crippen molar-refractivity contribution >= 4 is 5.91 Å². The molecule has 0 aliphatic heterocycles. The van der Waals surface area contributed by atoms with Crippen LogP contribution in [-0.4, -0.2) is 22.7 Å². The number of carbonyl (C=O) groups excluding carboxylic acids is 1. The van der Waals surface area contributed by atoms with Crippen LogP contribution in [0.3, 0.4) is 0 Å². The summed E-state index contributed by atoms with van der Waals surface area (Å²) in [5, 5.41) is 22.2. The van der Waals surface area contributed by atoms with Gasteiger partial charge >= 0.3 is 0 Å². The number of amides is 1. The van der Waals surface area contributed by atoms with Gasteiger partial charge in [-0.05, 0) is 53.1 Å². The highest BCUT2D eigenvalue weighted by molar-refractivity contribution is 5.94. The molecule has 3 aromatic rings. The molecule has 3 N–H and O–H groups in total. The lowest BCUT2D eigenvalue weighted by Crippen LogP contribution is -2.28. The molecule has 3 rings (SSSR count). The molecule has 1 amide bonds. The fraction of sp³-hybridized carbons (Fsp3) is 0.0952. The van der Waals surface area contributed by atoms with Gasteiger partial charge in [0.1, 0.15) is 11.6 Å². The first kappa shape index (κ1) is 17.6. The summed E-state index contributed by atoms with van der Waals surface area (Å²) in [5.74, 6) is -0.582. The molecular formula is C21H18FNO3. The summed E-state index contributed by atoms with van der Waals surface area (Å²) in [4.78, 5) is 12.2. The number of carbonyl (C=O) groups is 1. The fourth-order valence-electron chi connectivity index (χ4n) is 2.62. The molecule has 0 saturated heterocycles. The molecule has 0 spiro atoms. The van der Waals surface area contributed by atoms with Gasteiger partial charge in [0.2, 0.25) is 0 Å². The highest BCUT2D eigenvalue weighted by Crippen LogP contribution is 2.21. The molecule has 132 valence electrons. The van der Waals surface area contributed by atoms with Gasteiger partial charge in [0, 0.05) is 12.1 Å². The second-order valence-corrected chi connectivity index (χ2v) is 5.91. The van der Waals surface area contributed by atoms with Crippen molar-refractivity contribution in [2.75, 3.05) is 6.54 Å². The van der Waals surface area contributed by atoms with Crippen molar-refractivity contribution in [2.24, 2.45) is 0 Å². The smallest absolute Gasteiger partial charge is 0.251 e. The largest absolute Gasteiger partial charge is 0.508 e. The van der Waals surface area contributed by atoms with E-state index >= 15 is 0 Å². The second kappa shape index (κ2) is 7.80. The Labute approximate surface area is 150 Å². The molecule has 1 unspecified atom stereocenters. The van der Waals surface area contributed by atoms with E-state index < -0.39 is 6.10 Å². The fourth-order valence-corrected chi connectivity index (χ4v) is 2.62. The van der Waals surface area contributed by atoms with Crippen LogP contribution in [0.4, 0.5) is 4.39 Å². The predicted molar refractivity (Wildman–Crippen MR) is 97.2 cm³/mol.